The molecule has 5 rings (SSSR count). The zero-order valence-electron chi connectivity index (χ0n) is 27.5. The zero-order chi connectivity index (χ0) is 32.5. The minimum absolute atomic E-state index is 0.000603. The number of rotatable bonds is 3. The molecule has 2 bridgehead atoms. The maximum absolute atomic E-state index is 14.2. The zero-order valence-corrected chi connectivity index (χ0v) is 27.5. The van der Waals surface area contributed by atoms with Crippen molar-refractivity contribution < 1.29 is 43.5 Å². The van der Waals surface area contributed by atoms with Gasteiger partial charge in [0, 0.05) is 24.8 Å². The molecular formula is C36H50O9. The Bertz CT molecular complexity index is 1290. The van der Waals surface area contributed by atoms with E-state index in [0.717, 1.165) is 12.8 Å². The van der Waals surface area contributed by atoms with Gasteiger partial charge in [-0.25, -0.2) is 4.79 Å². The highest BCUT2D eigenvalue weighted by Gasteiger charge is 2.60. The van der Waals surface area contributed by atoms with Gasteiger partial charge in [0.25, 0.3) is 0 Å². The Morgan fingerprint density at radius 3 is 2.71 bits per heavy atom. The first-order chi connectivity index (χ1) is 21.3. The minimum atomic E-state index is -1.85. The number of aliphatic hydroxyl groups is 2. The van der Waals surface area contributed by atoms with Gasteiger partial charge in [0.2, 0.25) is 0 Å². The normalized spacial score (nSPS) is 41.0. The van der Waals surface area contributed by atoms with Gasteiger partial charge in [-0.2, -0.15) is 0 Å². The minimum Gasteiger partial charge on any atom is -0.462 e. The van der Waals surface area contributed by atoms with Crippen molar-refractivity contribution in [1.29, 1.82) is 0 Å². The summed E-state index contributed by atoms with van der Waals surface area (Å²) in [5.74, 6) is -2.59. The van der Waals surface area contributed by atoms with Crippen LogP contribution in [0.15, 0.2) is 58.7 Å². The van der Waals surface area contributed by atoms with Gasteiger partial charge in [0.15, 0.2) is 5.79 Å². The molecule has 1 aliphatic carbocycles. The Labute approximate surface area is 267 Å². The molecule has 0 amide bonds. The van der Waals surface area contributed by atoms with Crippen molar-refractivity contribution in [3.8, 4) is 0 Å². The van der Waals surface area contributed by atoms with Gasteiger partial charge in [0.05, 0.1) is 18.8 Å². The van der Waals surface area contributed by atoms with Crippen molar-refractivity contribution in [2.24, 2.45) is 17.8 Å². The fraction of sp³-hybridized carbons (Fsp3) is 0.667. The highest BCUT2D eigenvalue weighted by molar-refractivity contribution is 5.87. The van der Waals surface area contributed by atoms with E-state index < -0.39 is 47.6 Å². The Morgan fingerprint density at radius 1 is 1.20 bits per heavy atom. The molecule has 45 heavy (non-hydrogen) atoms. The van der Waals surface area contributed by atoms with Crippen molar-refractivity contribution in [2.45, 2.75) is 122 Å². The average Bonchev–Trinajstić information content (AvgIpc) is 3.33. The van der Waals surface area contributed by atoms with Gasteiger partial charge in [-0.1, -0.05) is 55.9 Å². The highest BCUT2D eigenvalue weighted by Crippen LogP contribution is 2.47. The van der Waals surface area contributed by atoms with Crippen LogP contribution in [0.5, 0.6) is 0 Å². The van der Waals surface area contributed by atoms with Crippen molar-refractivity contribution in [2.75, 3.05) is 13.2 Å². The Hall–Kier alpha value is -2.56. The number of hydrogen-bond acceptors (Lipinski definition) is 9. The number of ether oxygens (including phenoxy) is 5. The predicted molar refractivity (Wildman–Crippen MR) is 168 cm³/mol. The van der Waals surface area contributed by atoms with Crippen LogP contribution in [0.1, 0.15) is 80.1 Å². The van der Waals surface area contributed by atoms with Gasteiger partial charge >= 0.3 is 11.9 Å². The molecule has 4 heterocycles. The average molecular weight is 627 g/mol. The number of aliphatic hydroxyl groups excluding tert-OH is 1. The predicted octanol–water partition coefficient (Wildman–Crippen LogP) is 5.02. The van der Waals surface area contributed by atoms with Crippen LogP contribution in [0.25, 0.3) is 0 Å². The van der Waals surface area contributed by atoms with Gasteiger partial charge < -0.3 is 33.9 Å². The number of hydrogen-bond donors (Lipinski definition) is 2. The maximum Gasteiger partial charge on any atom is 0.333 e. The molecule has 0 aromatic carbocycles. The molecule has 0 radical (unpaired) electrons. The molecule has 0 aromatic heterocycles. The summed E-state index contributed by atoms with van der Waals surface area (Å²) in [5, 5.41) is 23.6. The first-order valence-electron chi connectivity index (χ1n) is 16.5. The third-order valence-electron chi connectivity index (χ3n) is 10.3. The molecule has 9 nitrogen and oxygen atoms in total. The summed E-state index contributed by atoms with van der Waals surface area (Å²) in [5.41, 5.74) is 0.581. The van der Waals surface area contributed by atoms with Crippen LogP contribution < -0.4 is 0 Å². The first-order valence-corrected chi connectivity index (χ1v) is 16.5. The van der Waals surface area contributed by atoms with Crippen molar-refractivity contribution in [3.05, 3.63) is 58.7 Å². The van der Waals surface area contributed by atoms with E-state index in [1.54, 1.807) is 26.0 Å². The lowest BCUT2D eigenvalue weighted by molar-refractivity contribution is -0.332. The van der Waals surface area contributed by atoms with Crippen LogP contribution in [0.2, 0.25) is 0 Å². The quantitative estimate of drug-likeness (QED) is 0.253. The van der Waals surface area contributed by atoms with Gasteiger partial charge in [-0.15, -0.1) is 0 Å². The molecule has 248 valence electrons. The van der Waals surface area contributed by atoms with Crippen LogP contribution in [0.3, 0.4) is 0 Å². The molecule has 10 atom stereocenters. The fourth-order valence-corrected chi connectivity index (χ4v) is 7.27. The lowest BCUT2D eigenvalue weighted by Crippen LogP contribution is -2.58. The lowest BCUT2D eigenvalue weighted by Gasteiger charge is -2.49. The van der Waals surface area contributed by atoms with E-state index in [1.165, 1.54) is 11.6 Å². The highest BCUT2D eigenvalue weighted by atomic mass is 16.7. The number of allylic oxidation sites excluding steroid dienone is 5. The van der Waals surface area contributed by atoms with Crippen molar-refractivity contribution in [3.63, 3.8) is 0 Å². The van der Waals surface area contributed by atoms with Crippen molar-refractivity contribution in [1.82, 2.24) is 0 Å². The molecule has 5 aliphatic rings. The summed E-state index contributed by atoms with van der Waals surface area (Å²) in [7, 11) is 0. The topological polar surface area (TPSA) is 121 Å². The second-order valence-corrected chi connectivity index (χ2v) is 13.8. The molecule has 0 unspecified atom stereocenters. The third kappa shape index (κ3) is 7.08. The number of carbonyl (C=O) groups is 2. The summed E-state index contributed by atoms with van der Waals surface area (Å²) in [6.45, 7) is 11.6. The molecule has 9 heteroatoms. The molecule has 2 N–H and O–H groups in total. The second kappa shape index (κ2) is 13.7. The summed E-state index contributed by atoms with van der Waals surface area (Å²) in [6, 6.07) is 0. The number of fused-ring (bicyclic) bond motifs is 2. The molecule has 1 spiro atoms. The Morgan fingerprint density at radius 2 is 1.98 bits per heavy atom. The van der Waals surface area contributed by atoms with E-state index in [4.69, 9.17) is 23.7 Å². The Kier molecular flexibility index (Phi) is 10.3. The summed E-state index contributed by atoms with van der Waals surface area (Å²) >= 11 is 0. The van der Waals surface area contributed by atoms with Gasteiger partial charge in [-0.3, -0.25) is 4.79 Å². The van der Waals surface area contributed by atoms with Crippen molar-refractivity contribution >= 4 is 11.9 Å². The first kappa shape index (κ1) is 33.8. The number of esters is 2. The standard InChI is InChI=1S/C36H50O9/c1-7-23(4)33(38)42-19-26-16-30-34(39)43-29-17-28(45-35(18-29)14-13-24(5)25(6)44-35)12-11-22(3)15-21(2)9-8-10-27-20-41-32(31(26)37)36(27,30)40/h7-11,16,21,24-25,28-32,37,40H,12-15,17-20H2,1-6H3/b9-8?,22-11?,23-7+,27-10?/t21-,24-,25+,28+,29-,30-,31+,32+,35-,36+/m0/s1. The largest absolute Gasteiger partial charge is 0.462 e. The van der Waals surface area contributed by atoms with E-state index in [1.807, 2.05) is 6.08 Å². The SMILES string of the molecule is C/C=C(\C)C(=O)OCC1=C[C@H]2C(=O)O[C@H]3C[C@@H](CC=C(C)C[C@@H](C)C=CC=C4CO[C@H]([C@@H]1O)[C@@]42O)O[C@@]1(CC[C@H](C)[C@@H](C)O1)C3. The van der Waals surface area contributed by atoms with Crippen LogP contribution in [-0.2, 0) is 33.3 Å². The van der Waals surface area contributed by atoms with Crippen LogP contribution >= 0.6 is 0 Å². The summed E-state index contributed by atoms with van der Waals surface area (Å²) < 4.78 is 30.8. The van der Waals surface area contributed by atoms with E-state index in [-0.39, 0.29) is 36.9 Å². The molecule has 0 saturated carbocycles. The fourth-order valence-electron chi connectivity index (χ4n) is 7.27. The van der Waals surface area contributed by atoms with E-state index in [9.17, 15) is 19.8 Å². The molecule has 0 aromatic rings. The van der Waals surface area contributed by atoms with Crippen LogP contribution in [0, 0.1) is 17.8 Å². The Balaban J connectivity index is 1.51. The number of carbonyl (C=O) groups excluding carboxylic acids is 2. The monoisotopic (exact) mass is 626 g/mol. The van der Waals surface area contributed by atoms with E-state index >= 15 is 0 Å². The molecular weight excluding hydrogens is 576 g/mol. The van der Waals surface area contributed by atoms with Crippen LogP contribution in [-0.4, -0.2) is 77.3 Å². The third-order valence-corrected chi connectivity index (χ3v) is 10.3. The molecule has 3 saturated heterocycles. The lowest BCUT2D eigenvalue weighted by atomic mass is 9.70. The smallest absolute Gasteiger partial charge is 0.333 e. The maximum atomic E-state index is 14.2. The van der Waals surface area contributed by atoms with Gasteiger partial charge in [-0.05, 0) is 69.9 Å². The van der Waals surface area contributed by atoms with E-state index in [2.05, 4.69) is 39.8 Å². The summed E-state index contributed by atoms with van der Waals surface area (Å²) in [4.78, 5) is 26.6. The summed E-state index contributed by atoms with van der Waals surface area (Å²) in [6.07, 6.45) is 12.0. The van der Waals surface area contributed by atoms with E-state index in [0.29, 0.717) is 42.7 Å². The molecule has 3 fully saturated rings. The van der Waals surface area contributed by atoms with Gasteiger partial charge in [0.1, 0.15) is 36.4 Å². The molecule has 4 aliphatic heterocycles. The second-order valence-electron chi connectivity index (χ2n) is 13.8. The van der Waals surface area contributed by atoms with Crippen LogP contribution in [0.4, 0.5) is 0 Å².